The van der Waals surface area contributed by atoms with Crippen molar-refractivity contribution in [2.24, 2.45) is 0 Å². The van der Waals surface area contributed by atoms with Crippen LogP contribution in [-0.4, -0.2) is 14.2 Å². The van der Waals surface area contributed by atoms with Crippen molar-refractivity contribution in [2.45, 2.75) is 6.54 Å². The summed E-state index contributed by atoms with van der Waals surface area (Å²) in [5, 5.41) is 3.15. The number of benzene rings is 1. The lowest BCUT2D eigenvalue weighted by molar-refractivity contribution is 0.354. The molecule has 2 rings (SSSR count). The van der Waals surface area contributed by atoms with Crippen LogP contribution in [0, 0.1) is 0 Å². The summed E-state index contributed by atoms with van der Waals surface area (Å²) >= 11 is 0. The predicted octanol–water partition coefficient (Wildman–Crippen LogP) is 2.20. The van der Waals surface area contributed by atoms with Crippen LogP contribution in [0.4, 0.5) is 0 Å². The summed E-state index contributed by atoms with van der Waals surface area (Å²) in [7, 11) is 3.30. The van der Waals surface area contributed by atoms with Crippen LogP contribution >= 0.6 is 12.4 Å². The maximum atomic E-state index is 5.23. The van der Waals surface area contributed by atoms with Gasteiger partial charge in [-0.2, -0.15) is 0 Å². The molecule has 0 amide bonds. The van der Waals surface area contributed by atoms with Crippen LogP contribution in [0.1, 0.15) is 11.1 Å². The van der Waals surface area contributed by atoms with Gasteiger partial charge in [0.1, 0.15) is 0 Å². The van der Waals surface area contributed by atoms with E-state index >= 15 is 0 Å². The lowest BCUT2D eigenvalue weighted by Crippen LogP contribution is -2.10. The van der Waals surface area contributed by atoms with Crippen molar-refractivity contribution < 1.29 is 9.47 Å². The Balaban J connectivity index is 0.00000112. The van der Waals surface area contributed by atoms with Gasteiger partial charge in [-0.15, -0.1) is 12.4 Å². The zero-order chi connectivity index (χ0) is 9.97. The van der Waals surface area contributed by atoms with E-state index in [0.29, 0.717) is 0 Å². The third-order valence-electron chi connectivity index (χ3n) is 2.32. The highest BCUT2D eigenvalue weighted by Crippen LogP contribution is 2.31. The molecule has 3 nitrogen and oxygen atoms in total. The van der Waals surface area contributed by atoms with E-state index in [4.69, 9.17) is 9.47 Å². The van der Waals surface area contributed by atoms with Gasteiger partial charge in [-0.1, -0.05) is 0 Å². The molecule has 1 N–H and O–H groups in total. The molecule has 0 aliphatic carbocycles. The third kappa shape index (κ3) is 2.18. The maximum Gasteiger partial charge on any atom is 0.161 e. The molecule has 1 aliphatic rings. The van der Waals surface area contributed by atoms with E-state index in [1.807, 2.05) is 24.4 Å². The Kier molecular flexibility index (Phi) is 3.86. The van der Waals surface area contributed by atoms with Gasteiger partial charge < -0.3 is 14.8 Å². The number of ether oxygens (including phenoxy) is 2. The minimum atomic E-state index is 0. The standard InChI is InChI=1S/C11H13NO2.ClH/c1-13-10-5-8-3-4-12-7-9(8)6-11(10)14-2;/h3-6,12H,7H2,1-2H3;1H. The SMILES string of the molecule is COc1cc2c(cc1OC)CNC=C2.Cl. The van der Waals surface area contributed by atoms with E-state index in [2.05, 4.69) is 5.32 Å². The Morgan fingerprint density at radius 1 is 1.13 bits per heavy atom. The summed E-state index contributed by atoms with van der Waals surface area (Å²) in [6.45, 7) is 0.839. The summed E-state index contributed by atoms with van der Waals surface area (Å²) in [6.07, 6.45) is 3.97. The monoisotopic (exact) mass is 227 g/mol. The number of methoxy groups -OCH3 is 2. The summed E-state index contributed by atoms with van der Waals surface area (Å²) in [4.78, 5) is 0. The second-order valence-corrected chi connectivity index (χ2v) is 3.12. The maximum absolute atomic E-state index is 5.23. The van der Waals surface area contributed by atoms with E-state index in [0.717, 1.165) is 18.0 Å². The first-order valence-corrected chi connectivity index (χ1v) is 4.50. The van der Waals surface area contributed by atoms with Crippen LogP contribution in [0.3, 0.4) is 0 Å². The quantitative estimate of drug-likeness (QED) is 0.840. The van der Waals surface area contributed by atoms with Gasteiger partial charge >= 0.3 is 0 Å². The van der Waals surface area contributed by atoms with Gasteiger partial charge in [-0.25, -0.2) is 0 Å². The Morgan fingerprint density at radius 3 is 2.47 bits per heavy atom. The van der Waals surface area contributed by atoms with Gasteiger partial charge in [0, 0.05) is 6.54 Å². The molecule has 0 saturated heterocycles. The second-order valence-electron chi connectivity index (χ2n) is 3.12. The Labute approximate surface area is 95.5 Å². The first-order chi connectivity index (χ1) is 6.85. The smallest absolute Gasteiger partial charge is 0.161 e. The molecule has 1 aromatic rings. The van der Waals surface area contributed by atoms with E-state index in [9.17, 15) is 0 Å². The minimum absolute atomic E-state index is 0. The van der Waals surface area contributed by atoms with Crippen molar-refractivity contribution in [2.75, 3.05) is 14.2 Å². The van der Waals surface area contributed by atoms with Crippen molar-refractivity contribution in [3.63, 3.8) is 0 Å². The van der Waals surface area contributed by atoms with Crippen LogP contribution in [0.2, 0.25) is 0 Å². The lowest BCUT2D eigenvalue weighted by atomic mass is 10.0. The number of fused-ring (bicyclic) bond motifs is 1. The third-order valence-corrected chi connectivity index (χ3v) is 2.32. The molecule has 15 heavy (non-hydrogen) atoms. The molecular weight excluding hydrogens is 214 g/mol. The number of rotatable bonds is 2. The highest BCUT2D eigenvalue weighted by Gasteiger charge is 2.10. The van der Waals surface area contributed by atoms with Crippen molar-refractivity contribution >= 4 is 18.5 Å². The molecule has 0 aromatic heterocycles. The van der Waals surface area contributed by atoms with E-state index in [-0.39, 0.29) is 12.4 Å². The van der Waals surface area contributed by atoms with Crippen LogP contribution < -0.4 is 14.8 Å². The average molecular weight is 228 g/mol. The summed E-state index contributed by atoms with van der Waals surface area (Å²) < 4.78 is 10.4. The van der Waals surface area contributed by atoms with Crippen molar-refractivity contribution in [3.05, 3.63) is 29.5 Å². The van der Waals surface area contributed by atoms with Gasteiger partial charge in [0.25, 0.3) is 0 Å². The van der Waals surface area contributed by atoms with Crippen molar-refractivity contribution in [1.29, 1.82) is 0 Å². The van der Waals surface area contributed by atoms with Gasteiger partial charge in [-0.05, 0) is 35.5 Å². The van der Waals surface area contributed by atoms with E-state index in [1.165, 1.54) is 11.1 Å². The normalized spacial score (nSPS) is 12.1. The Hall–Kier alpha value is -1.35. The fourth-order valence-electron chi connectivity index (χ4n) is 1.56. The molecular formula is C11H14ClNO2. The molecule has 0 fully saturated rings. The highest BCUT2D eigenvalue weighted by atomic mass is 35.5. The summed E-state index contributed by atoms with van der Waals surface area (Å²) in [5.41, 5.74) is 2.41. The largest absolute Gasteiger partial charge is 0.493 e. The van der Waals surface area contributed by atoms with Gasteiger partial charge in [0.05, 0.1) is 14.2 Å². The van der Waals surface area contributed by atoms with Crippen molar-refractivity contribution in [3.8, 4) is 11.5 Å². The summed E-state index contributed by atoms with van der Waals surface area (Å²) in [5.74, 6) is 1.56. The fraction of sp³-hybridized carbons (Fsp3) is 0.273. The van der Waals surface area contributed by atoms with Crippen LogP contribution in [0.5, 0.6) is 11.5 Å². The summed E-state index contributed by atoms with van der Waals surface area (Å²) in [6, 6.07) is 4.00. The van der Waals surface area contributed by atoms with E-state index < -0.39 is 0 Å². The average Bonchev–Trinajstić information content (AvgIpc) is 2.27. The van der Waals surface area contributed by atoms with Gasteiger partial charge in [0.15, 0.2) is 11.5 Å². The Bertz CT molecular complexity index is 377. The zero-order valence-electron chi connectivity index (χ0n) is 8.74. The molecule has 0 unspecified atom stereocenters. The molecule has 0 bridgehead atoms. The Morgan fingerprint density at radius 2 is 1.80 bits per heavy atom. The fourth-order valence-corrected chi connectivity index (χ4v) is 1.56. The second kappa shape index (κ2) is 4.94. The topological polar surface area (TPSA) is 30.5 Å². The van der Waals surface area contributed by atoms with Gasteiger partial charge in [0.2, 0.25) is 0 Å². The molecule has 82 valence electrons. The molecule has 4 heteroatoms. The first kappa shape index (κ1) is 11.7. The lowest BCUT2D eigenvalue weighted by Gasteiger charge is -2.15. The van der Waals surface area contributed by atoms with Crippen molar-refractivity contribution in [1.82, 2.24) is 5.32 Å². The number of hydrogen-bond donors (Lipinski definition) is 1. The van der Waals surface area contributed by atoms with E-state index in [1.54, 1.807) is 14.2 Å². The number of hydrogen-bond acceptors (Lipinski definition) is 3. The highest BCUT2D eigenvalue weighted by molar-refractivity contribution is 5.85. The molecule has 0 spiro atoms. The van der Waals surface area contributed by atoms with Crippen LogP contribution in [0.15, 0.2) is 18.3 Å². The molecule has 1 aliphatic heterocycles. The van der Waals surface area contributed by atoms with Gasteiger partial charge in [-0.3, -0.25) is 0 Å². The number of nitrogens with one attached hydrogen (secondary N) is 1. The molecule has 1 heterocycles. The predicted molar refractivity (Wildman–Crippen MR) is 62.7 cm³/mol. The van der Waals surface area contributed by atoms with Crippen LogP contribution in [0.25, 0.3) is 6.08 Å². The van der Waals surface area contributed by atoms with Crippen LogP contribution in [-0.2, 0) is 6.54 Å². The first-order valence-electron chi connectivity index (χ1n) is 4.50. The zero-order valence-corrected chi connectivity index (χ0v) is 9.56. The minimum Gasteiger partial charge on any atom is -0.493 e. The molecule has 0 atom stereocenters. The molecule has 0 radical (unpaired) electrons. The molecule has 1 aromatic carbocycles. The molecule has 0 saturated carbocycles. The number of halogens is 1.